The molecule has 4 bridgehead atoms. The van der Waals surface area contributed by atoms with Crippen molar-refractivity contribution in [3.05, 3.63) is 48.8 Å². The molecule has 4 aliphatic rings. The van der Waals surface area contributed by atoms with E-state index in [1.54, 1.807) is 27.8 Å². The molecule has 10 heteroatoms. The average molecular weight is 480 g/mol. The molecule has 180 valence electrons. The van der Waals surface area contributed by atoms with Crippen molar-refractivity contribution < 1.29 is 4.79 Å². The van der Waals surface area contributed by atoms with E-state index in [9.17, 15) is 10.1 Å². The monoisotopic (exact) mass is 479 g/mol. The predicted molar refractivity (Wildman–Crippen MR) is 132 cm³/mol. The third kappa shape index (κ3) is 3.12. The molecule has 4 atom stereocenters. The number of aromatic nitrogens is 6. The normalized spacial score (nSPS) is 26.3. The van der Waals surface area contributed by atoms with Crippen LogP contribution in [0.4, 0.5) is 5.82 Å². The largest absolute Gasteiger partial charge is 0.353 e. The minimum Gasteiger partial charge on any atom is -0.353 e. The van der Waals surface area contributed by atoms with E-state index < -0.39 is 0 Å². The van der Waals surface area contributed by atoms with E-state index in [2.05, 4.69) is 26.5 Å². The van der Waals surface area contributed by atoms with E-state index in [0.29, 0.717) is 34.8 Å². The van der Waals surface area contributed by atoms with Crippen LogP contribution in [0.25, 0.3) is 27.9 Å². The van der Waals surface area contributed by atoms with Gasteiger partial charge in [0.15, 0.2) is 0 Å². The summed E-state index contributed by atoms with van der Waals surface area (Å²) in [6, 6.07) is 5.00. The third-order valence-corrected chi connectivity index (χ3v) is 8.24. The Morgan fingerprint density at radius 1 is 1.06 bits per heavy atom. The van der Waals surface area contributed by atoms with E-state index in [1.807, 2.05) is 31.7 Å². The van der Waals surface area contributed by atoms with Crippen LogP contribution in [0.15, 0.2) is 43.2 Å². The molecule has 6 heterocycles. The van der Waals surface area contributed by atoms with Gasteiger partial charge in [-0.25, -0.2) is 9.50 Å². The number of hydrogen-bond donors (Lipinski definition) is 1. The van der Waals surface area contributed by atoms with Crippen LogP contribution < -0.4 is 10.2 Å². The summed E-state index contributed by atoms with van der Waals surface area (Å²) in [5.41, 5.74) is 4.53. The first-order valence-electron chi connectivity index (χ1n) is 12.3. The Bertz CT molecular complexity index is 1510. The summed E-state index contributed by atoms with van der Waals surface area (Å²) in [6.45, 7) is 0. The van der Waals surface area contributed by atoms with Crippen LogP contribution in [0.2, 0.25) is 0 Å². The Labute approximate surface area is 207 Å². The van der Waals surface area contributed by atoms with E-state index in [-0.39, 0.29) is 5.54 Å². The summed E-state index contributed by atoms with van der Waals surface area (Å²) in [6.07, 6.45) is 17.0. The molecular formula is C26H25N9O. The maximum Gasteiger partial charge on any atom is 0.207 e. The number of anilines is 1. The lowest BCUT2D eigenvalue weighted by Gasteiger charge is -2.61. The maximum atomic E-state index is 11.3. The molecule has 2 aliphatic carbocycles. The molecule has 4 aromatic rings. The summed E-state index contributed by atoms with van der Waals surface area (Å²) in [4.78, 5) is 23.4. The quantitative estimate of drug-likeness (QED) is 0.437. The topological polar surface area (TPSA) is 117 Å². The van der Waals surface area contributed by atoms with Crippen LogP contribution in [0.5, 0.6) is 0 Å². The Hall–Kier alpha value is -4.26. The molecule has 4 aromatic heterocycles. The fourth-order valence-corrected chi connectivity index (χ4v) is 7.02. The minimum absolute atomic E-state index is 0.0594. The first kappa shape index (κ1) is 21.1. The molecule has 1 amide bonds. The van der Waals surface area contributed by atoms with Crippen molar-refractivity contribution in [1.29, 1.82) is 5.26 Å². The maximum absolute atomic E-state index is 11.3. The van der Waals surface area contributed by atoms with Crippen molar-refractivity contribution in [2.24, 2.45) is 13.0 Å². The van der Waals surface area contributed by atoms with Gasteiger partial charge in [0, 0.05) is 53.8 Å². The van der Waals surface area contributed by atoms with Gasteiger partial charge in [-0.2, -0.15) is 15.5 Å². The number of nitrogens with zero attached hydrogens (tertiary/aromatic N) is 8. The van der Waals surface area contributed by atoms with Gasteiger partial charge in [-0.3, -0.25) is 14.5 Å². The number of nitriles is 1. The second kappa shape index (κ2) is 7.62. The molecule has 4 fully saturated rings. The van der Waals surface area contributed by atoms with Crippen molar-refractivity contribution in [3.63, 3.8) is 0 Å². The zero-order valence-corrected chi connectivity index (χ0v) is 19.9. The van der Waals surface area contributed by atoms with Crippen LogP contribution in [-0.4, -0.2) is 53.4 Å². The zero-order valence-electron chi connectivity index (χ0n) is 19.9. The highest BCUT2D eigenvalue weighted by atomic mass is 16.1. The van der Waals surface area contributed by atoms with Crippen LogP contribution in [0.1, 0.15) is 37.7 Å². The van der Waals surface area contributed by atoms with E-state index in [4.69, 9.17) is 9.97 Å². The van der Waals surface area contributed by atoms with E-state index in [0.717, 1.165) is 61.0 Å². The number of pyridine rings is 1. The first-order valence-corrected chi connectivity index (χ1v) is 12.3. The first-order chi connectivity index (χ1) is 17.6. The highest BCUT2D eigenvalue weighted by Gasteiger charge is 2.54. The molecule has 0 aromatic carbocycles. The van der Waals surface area contributed by atoms with Crippen molar-refractivity contribution >= 4 is 17.7 Å². The molecule has 2 saturated carbocycles. The lowest BCUT2D eigenvalue weighted by molar-refractivity contribution is -0.113. The molecule has 0 spiro atoms. The highest BCUT2D eigenvalue weighted by molar-refractivity contribution is 5.86. The SMILES string of the molecule is Cn1cc(-c2cc(-c3cnc(N4[C@@H]5C[C@@H]6C[C@H]4C[C@@](NC=O)(C6)C5)cn3)c3c(C#N)cnn3c2)cn1. The number of nitrogens with one attached hydrogen (secondary N) is 1. The number of amides is 1. The van der Waals surface area contributed by atoms with E-state index >= 15 is 0 Å². The summed E-state index contributed by atoms with van der Waals surface area (Å²) >= 11 is 0. The molecular weight excluding hydrogens is 454 g/mol. The molecule has 8 rings (SSSR count). The number of piperidine rings is 2. The van der Waals surface area contributed by atoms with Gasteiger partial charge < -0.3 is 10.2 Å². The van der Waals surface area contributed by atoms with Gasteiger partial charge in [-0.15, -0.1) is 0 Å². The number of carbonyl (C=O) groups excluding carboxylic acids is 1. The lowest BCUT2D eigenvalue weighted by Crippen LogP contribution is -2.68. The van der Waals surface area contributed by atoms with Gasteiger partial charge in [0.1, 0.15) is 11.9 Å². The van der Waals surface area contributed by atoms with Gasteiger partial charge in [0.05, 0.1) is 41.6 Å². The minimum atomic E-state index is -0.0594. The Morgan fingerprint density at radius 3 is 2.56 bits per heavy atom. The summed E-state index contributed by atoms with van der Waals surface area (Å²) in [7, 11) is 1.88. The van der Waals surface area contributed by atoms with Gasteiger partial charge >= 0.3 is 0 Å². The summed E-state index contributed by atoms with van der Waals surface area (Å²) in [5.74, 6) is 1.54. The smallest absolute Gasteiger partial charge is 0.207 e. The Morgan fingerprint density at radius 2 is 1.89 bits per heavy atom. The second-order valence-electron chi connectivity index (χ2n) is 10.5. The Kier molecular flexibility index (Phi) is 4.46. The third-order valence-electron chi connectivity index (χ3n) is 8.24. The fraction of sp³-hybridized carbons (Fsp3) is 0.385. The fourth-order valence-electron chi connectivity index (χ4n) is 7.02. The summed E-state index contributed by atoms with van der Waals surface area (Å²) < 4.78 is 3.48. The Balaban J connectivity index is 1.27. The molecule has 10 nitrogen and oxygen atoms in total. The second-order valence-corrected chi connectivity index (χ2v) is 10.5. The van der Waals surface area contributed by atoms with Gasteiger partial charge in [0.25, 0.3) is 0 Å². The van der Waals surface area contributed by atoms with Gasteiger partial charge in [-0.05, 0) is 44.1 Å². The average Bonchev–Trinajstić information content (AvgIpc) is 3.49. The van der Waals surface area contributed by atoms with Crippen LogP contribution in [0, 0.1) is 17.2 Å². The van der Waals surface area contributed by atoms with Gasteiger partial charge in [0.2, 0.25) is 6.41 Å². The molecule has 0 unspecified atom stereocenters. The van der Waals surface area contributed by atoms with Gasteiger partial charge in [-0.1, -0.05) is 0 Å². The van der Waals surface area contributed by atoms with Crippen LogP contribution >= 0.6 is 0 Å². The molecule has 2 aliphatic heterocycles. The number of aryl methyl sites for hydroxylation is 1. The van der Waals surface area contributed by atoms with Crippen molar-refractivity contribution in [3.8, 4) is 28.5 Å². The van der Waals surface area contributed by atoms with E-state index in [1.165, 1.54) is 0 Å². The summed E-state index contributed by atoms with van der Waals surface area (Å²) in [5, 5.41) is 21.5. The van der Waals surface area contributed by atoms with Crippen LogP contribution in [0.3, 0.4) is 0 Å². The standard InChI is InChI=1S/C26H25N9O/c1-33-13-19(10-31-33)17-4-22(25-18(8-27)9-32-34(25)14-17)23-11-29-24(12-28-23)35-20-2-16-3-21(35)7-26(5-16,6-20)30-15-36/h4,9-16,20-21H,2-3,5-7H2,1H3,(H,30,36)/t16-,20-,21+,26-. The molecule has 1 N–H and O–H groups in total. The van der Waals surface area contributed by atoms with Crippen molar-refractivity contribution in [1.82, 2.24) is 34.7 Å². The van der Waals surface area contributed by atoms with Crippen molar-refractivity contribution in [2.75, 3.05) is 4.90 Å². The highest BCUT2D eigenvalue weighted by Crippen LogP contribution is 2.52. The number of carbonyl (C=O) groups is 1. The predicted octanol–water partition coefficient (Wildman–Crippen LogP) is 2.70. The zero-order chi connectivity index (χ0) is 24.4. The number of hydrogen-bond acceptors (Lipinski definition) is 7. The number of rotatable bonds is 5. The molecule has 36 heavy (non-hydrogen) atoms. The lowest BCUT2D eigenvalue weighted by atomic mass is 9.59. The van der Waals surface area contributed by atoms with Crippen LogP contribution in [-0.2, 0) is 11.8 Å². The molecule has 2 saturated heterocycles. The molecule has 0 radical (unpaired) electrons. The van der Waals surface area contributed by atoms with Crippen molar-refractivity contribution in [2.45, 2.75) is 49.7 Å². The number of fused-ring (bicyclic) bond motifs is 1.